The highest BCUT2D eigenvalue weighted by atomic mass is 14.9. The minimum atomic E-state index is 0.898. The van der Waals surface area contributed by atoms with Crippen LogP contribution < -0.4 is 5.32 Å². The maximum Gasteiger partial charge on any atom is 0.0387 e. The van der Waals surface area contributed by atoms with Crippen molar-refractivity contribution in [2.75, 3.05) is 0 Å². The first-order valence-corrected chi connectivity index (χ1v) is 5.66. The number of aryl methyl sites for hydroxylation is 1. The number of rotatable bonds is 5. The number of hydrogen-bond donors (Lipinski definition) is 1. The summed E-state index contributed by atoms with van der Waals surface area (Å²) in [6, 6.07) is 8.18. The highest BCUT2D eigenvalue weighted by Crippen LogP contribution is 2.15. The standard InChI is InChI=1S/C16H19N/c1-5-9-15(10-6-2)17-14(4)16-12-8-7-11-13(16)3/h5-12,17H,1,4H2,2-3H3/b10-6-,15-9+. The van der Waals surface area contributed by atoms with E-state index in [2.05, 4.69) is 37.5 Å². The fourth-order valence-electron chi connectivity index (χ4n) is 1.60. The van der Waals surface area contributed by atoms with Crippen LogP contribution in [0.15, 0.2) is 67.4 Å². The summed E-state index contributed by atoms with van der Waals surface area (Å²) < 4.78 is 0. The smallest absolute Gasteiger partial charge is 0.0387 e. The van der Waals surface area contributed by atoms with Crippen LogP contribution in [0.25, 0.3) is 5.70 Å². The van der Waals surface area contributed by atoms with E-state index in [1.807, 2.05) is 37.3 Å². The van der Waals surface area contributed by atoms with E-state index in [1.54, 1.807) is 6.08 Å². The predicted molar refractivity (Wildman–Crippen MR) is 76.4 cm³/mol. The molecule has 0 saturated heterocycles. The van der Waals surface area contributed by atoms with E-state index in [0.717, 1.165) is 17.0 Å². The van der Waals surface area contributed by atoms with Gasteiger partial charge in [-0.15, -0.1) is 0 Å². The van der Waals surface area contributed by atoms with Gasteiger partial charge >= 0.3 is 0 Å². The maximum atomic E-state index is 4.07. The zero-order valence-electron chi connectivity index (χ0n) is 10.5. The maximum absolute atomic E-state index is 4.07. The minimum Gasteiger partial charge on any atom is -0.356 e. The van der Waals surface area contributed by atoms with Gasteiger partial charge in [-0.1, -0.05) is 49.6 Å². The summed E-state index contributed by atoms with van der Waals surface area (Å²) in [5.41, 5.74) is 4.22. The molecule has 0 unspecified atom stereocenters. The monoisotopic (exact) mass is 225 g/mol. The van der Waals surface area contributed by atoms with Gasteiger partial charge in [0.25, 0.3) is 0 Å². The molecular formula is C16H19N. The summed E-state index contributed by atoms with van der Waals surface area (Å²) in [6.07, 6.45) is 7.65. The first kappa shape index (κ1) is 13.0. The largest absolute Gasteiger partial charge is 0.356 e. The molecule has 88 valence electrons. The summed E-state index contributed by atoms with van der Waals surface area (Å²) >= 11 is 0. The molecule has 0 saturated carbocycles. The third-order valence-corrected chi connectivity index (χ3v) is 2.41. The van der Waals surface area contributed by atoms with Crippen LogP contribution in [0.4, 0.5) is 0 Å². The van der Waals surface area contributed by atoms with E-state index < -0.39 is 0 Å². The van der Waals surface area contributed by atoms with Crippen LogP contribution in [0, 0.1) is 6.92 Å². The molecule has 1 aromatic carbocycles. The van der Waals surface area contributed by atoms with E-state index in [0.29, 0.717) is 0 Å². The van der Waals surface area contributed by atoms with Crippen LogP contribution in [0.3, 0.4) is 0 Å². The Morgan fingerprint density at radius 3 is 2.59 bits per heavy atom. The van der Waals surface area contributed by atoms with Crippen molar-refractivity contribution in [3.63, 3.8) is 0 Å². The molecule has 1 heteroatoms. The van der Waals surface area contributed by atoms with Crippen molar-refractivity contribution < 1.29 is 0 Å². The topological polar surface area (TPSA) is 12.0 Å². The van der Waals surface area contributed by atoms with E-state index in [-0.39, 0.29) is 0 Å². The van der Waals surface area contributed by atoms with Gasteiger partial charge in [0.15, 0.2) is 0 Å². The van der Waals surface area contributed by atoms with Gasteiger partial charge in [-0.25, -0.2) is 0 Å². The fraction of sp³-hybridized carbons (Fsp3) is 0.125. The van der Waals surface area contributed by atoms with Crippen LogP contribution in [0.5, 0.6) is 0 Å². The zero-order valence-corrected chi connectivity index (χ0v) is 10.5. The minimum absolute atomic E-state index is 0.898. The van der Waals surface area contributed by atoms with Crippen molar-refractivity contribution in [3.8, 4) is 0 Å². The zero-order chi connectivity index (χ0) is 12.7. The van der Waals surface area contributed by atoms with Gasteiger partial charge < -0.3 is 5.32 Å². The molecule has 0 amide bonds. The number of allylic oxidation sites excluding steroid dienone is 4. The molecular weight excluding hydrogens is 206 g/mol. The molecule has 0 heterocycles. The third-order valence-electron chi connectivity index (χ3n) is 2.41. The van der Waals surface area contributed by atoms with Crippen LogP contribution in [0.2, 0.25) is 0 Å². The second-order valence-electron chi connectivity index (χ2n) is 3.78. The van der Waals surface area contributed by atoms with Gasteiger partial charge in [0.1, 0.15) is 0 Å². The molecule has 0 fully saturated rings. The summed E-state index contributed by atoms with van der Waals surface area (Å²) in [7, 11) is 0. The Kier molecular flexibility index (Phi) is 5.02. The van der Waals surface area contributed by atoms with Gasteiger partial charge in [-0.2, -0.15) is 0 Å². The molecule has 0 spiro atoms. The normalized spacial score (nSPS) is 11.5. The molecule has 1 nitrogen and oxygen atoms in total. The van der Waals surface area contributed by atoms with Crippen molar-refractivity contribution >= 4 is 5.70 Å². The number of benzene rings is 1. The Bertz CT molecular complexity index is 464. The fourth-order valence-corrected chi connectivity index (χ4v) is 1.60. The first-order chi connectivity index (χ1) is 8.19. The molecule has 1 N–H and O–H groups in total. The average molecular weight is 225 g/mol. The Hall–Kier alpha value is -2.02. The van der Waals surface area contributed by atoms with Gasteiger partial charge in [-0.05, 0) is 31.6 Å². The Morgan fingerprint density at radius 1 is 1.29 bits per heavy atom. The second kappa shape index (κ2) is 6.54. The van der Waals surface area contributed by atoms with E-state index >= 15 is 0 Å². The van der Waals surface area contributed by atoms with E-state index in [1.165, 1.54) is 5.56 Å². The lowest BCUT2D eigenvalue weighted by atomic mass is 10.1. The third kappa shape index (κ3) is 3.80. The number of nitrogens with one attached hydrogen (secondary N) is 1. The van der Waals surface area contributed by atoms with Gasteiger partial charge in [0, 0.05) is 17.0 Å². The van der Waals surface area contributed by atoms with Crippen molar-refractivity contribution in [1.29, 1.82) is 0 Å². The lowest BCUT2D eigenvalue weighted by Gasteiger charge is -2.12. The van der Waals surface area contributed by atoms with Crippen LogP contribution in [0.1, 0.15) is 18.1 Å². The quantitative estimate of drug-likeness (QED) is 0.740. The van der Waals surface area contributed by atoms with Crippen molar-refractivity contribution in [2.24, 2.45) is 0 Å². The average Bonchev–Trinajstić information content (AvgIpc) is 2.30. The van der Waals surface area contributed by atoms with Gasteiger partial charge in [-0.3, -0.25) is 0 Å². The molecule has 0 atom stereocenters. The summed E-state index contributed by atoms with van der Waals surface area (Å²) in [4.78, 5) is 0. The molecule has 0 bridgehead atoms. The molecule has 0 aliphatic rings. The Balaban J connectivity index is 2.89. The number of hydrogen-bond acceptors (Lipinski definition) is 1. The Labute approximate surface area is 104 Å². The van der Waals surface area contributed by atoms with Crippen molar-refractivity contribution in [3.05, 3.63) is 78.6 Å². The second-order valence-corrected chi connectivity index (χ2v) is 3.78. The first-order valence-electron chi connectivity index (χ1n) is 5.66. The van der Waals surface area contributed by atoms with Gasteiger partial charge in [0.05, 0.1) is 0 Å². The summed E-state index contributed by atoms with van der Waals surface area (Å²) in [6.45, 7) is 11.8. The Morgan fingerprint density at radius 2 is 2.00 bits per heavy atom. The predicted octanol–water partition coefficient (Wildman–Crippen LogP) is 4.20. The van der Waals surface area contributed by atoms with E-state index in [9.17, 15) is 0 Å². The lowest BCUT2D eigenvalue weighted by molar-refractivity contribution is 1.13. The lowest BCUT2D eigenvalue weighted by Crippen LogP contribution is -2.10. The van der Waals surface area contributed by atoms with E-state index in [4.69, 9.17) is 0 Å². The highest BCUT2D eigenvalue weighted by Gasteiger charge is 2.02. The molecule has 0 aliphatic heterocycles. The molecule has 0 aromatic heterocycles. The highest BCUT2D eigenvalue weighted by molar-refractivity contribution is 5.66. The summed E-state index contributed by atoms with van der Waals surface area (Å²) in [5, 5.41) is 3.28. The van der Waals surface area contributed by atoms with Crippen LogP contribution >= 0.6 is 0 Å². The molecule has 0 aliphatic carbocycles. The van der Waals surface area contributed by atoms with Crippen LogP contribution in [-0.4, -0.2) is 0 Å². The molecule has 17 heavy (non-hydrogen) atoms. The molecule has 0 radical (unpaired) electrons. The van der Waals surface area contributed by atoms with Crippen molar-refractivity contribution in [1.82, 2.24) is 5.32 Å². The van der Waals surface area contributed by atoms with Crippen molar-refractivity contribution in [2.45, 2.75) is 13.8 Å². The molecule has 1 rings (SSSR count). The SMILES string of the molecule is C=C/C=C(\C=C/C)NC(=C)c1ccccc1C. The van der Waals surface area contributed by atoms with Crippen LogP contribution in [-0.2, 0) is 0 Å². The summed E-state index contributed by atoms with van der Waals surface area (Å²) in [5.74, 6) is 0. The molecule has 1 aromatic rings. The van der Waals surface area contributed by atoms with Gasteiger partial charge in [0.2, 0.25) is 0 Å².